The third kappa shape index (κ3) is 7.13. The van der Waals surface area contributed by atoms with Crippen LogP contribution in [-0.2, 0) is 4.74 Å². The standard InChI is InChI=1S/C30H36N4O6/c1-19-9-12-26(20(2)33-19)34-27(35)24-11-10-21(17-25(24)28(34)36)31-13-15-38-22-7-6-8-23(18-22)39-16-14-32-29(37)40-30(3,4)5/h6-8,10-11,17-18,26,31,33H,1-2,9,12-16H2,3-5H3,(H,32,37). The third-order valence-electron chi connectivity index (χ3n) is 6.23. The molecular formula is C30H36N4O6. The minimum absolute atomic E-state index is 0.280. The second-order valence-corrected chi connectivity index (χ2v) is 10.6. The lowest BCUT2D eigenvalue weighted by Gasteiger charge is -2.33. The Bertz CT molecular complexity index is 1320. The number of piperidine rings is 1. The summed E-state index contributed by atoms with van der Waals surface area (Å²) in [5.41, 5.74) is 2.37. The summed E-state index contributed by atoms with van der Waals surface area (Å²) in [6.07, 6.45) is 0.786. The fourth-order valence-corrected chi connectivity index (χ4v) is 4.45. The number of amides is 3. The molecule has 2 aliphatic heterocycles. The maximum Gasteiger partial charge on any atom is 0.407 e. The van der Waals surface area contributed by atoms with Crippen LogP contribution < -0.4 is 25.4 Å². The van der Waals surface area contributed by atoms with E-state index in [1.807, 2.05) is 12.1 Å². The minimum Gasteiger partial charge on any atom is -0.492 e. The van der Waals surface area contributed by atoms with Crippen LogP contribution in [0.1, 0.15) is 54.3 Å². The lowest BCUT2D eigenvalue weighted by atomic mass is 10.0. The van der Waals surface area contributed by atoms with Crippen LogP contribution in [0, 0.1) is 0 Å². The van der Waals surface area contributed by atoms with E-state index in [1.54, 1.807) is 51.1 Å². The summed E-state index contributed by atoms with van der Waals surface area (Å²) < 4.78 is 16.7. The Labute approximate surface area is 234 Å². The molecule has 2 heterocycles. The van der Waals surface area contributed by atoms with Crippen molar-refractivity contribution >= 4 is 23.6 Å². The highest BCUT2D eigenvalue weighted by molar-refractivity contribution is 6.22. The van der Waals surface area contributed by atoms with Crippen LogP contribution in [0.4, 0.5) is 10.5 Å². The Morgan fingerprint density at radius 1 is 1.00 bits per heavy atom. The van der Waals surface area contributed by atoms with E-state index in [1.165, 1.54) is 4.90 Å². The number of nitrogens with zero attached hydrogens (tertiary/aromatic N) is 1. The quantitative estimate of drug-likeness (QED) is 0.294. The summed E-state index contributed by atoms with van der Waals surface area (Å²) in [5, 5.41) is 8.96. The fourth-order valence-electron chi connectivity index (χ4n) is 4.45. The van der Waals surface area contributed by atoms with Crippen LogP contribution in [0.25, 0.3) is 0 Å². The number of allylic oxidation sites excluding steroid dienone is 1. The maximum absolute atomic E-state index is 13.1. The monoisotopic (exact) mass is 548 g/mol. The van der Waals surface area contributed by atoms with Crippen molar-refractivity contribution in [2.24, 2.45) is 0 Å². The van der Waals surface area contributed by atoms with E-state index < -0.39 is 17.7 Å². The molecule has 2 aromatic carbocycles. The zero-order valence-electron chi connectivity index (χ0n) is 23.2. The normalized spacial score (nSPS) is 16.8. The molecule has 1 fully saturated rings. The predicted molar refractivity (Wildman–Crippen MR) is 152 cm³/mol. The number of benzene rings is 2. The summed E-state index contributed by atoms with van der Waals surface area (Å²) in [7, 11) is 0. The van der Waals surface area contributed by atoms with Gasteiger partial charge in [0.15, 0.2) is 0 Å². The van der Waals surface area contributed by atoms with Crippen molar-refractivity contribution in [3.05, 3.63) is 78.1 Å². The first kappa shape index (κ1) is 28.5. The van der Waals surface area contributed by atoms with E-state index in [0.29, 0.717) is 66.5 Å². The number of carbonyl (C=O) groups excluding carboxylic acids is 3. The minimum atomic E-state index is -0.553. The van der Waals surface area contributed by atoms with E-state index in [4.69, 9.17) is 14.2 Å². The van der Waals surface area contributed by atoms with E-state index in [-0.39, 0.29) is 18.4 Å². The molecule has 0 aromatic heterocycles. The van der Waals surface area contributed by atoms with Gasteiger partial charge in [-0.1, -0.05) is 19.2 Å². The Hall–Kier alpha value is -4.47. The van der Waals surface area contributed by atoms with Crippen LogP contribution in [-0.4, -0.2) is 60.8 Å². The van der Waals surface area contributed by atoms with Crippen LogP contribution in [0.2, 0.25) is 0 Å². The number of imide groups is 1. The number of ether oxygens (including phenoxy) is 3. The average Bonchev–Trinajstić information content (AvgIpc) is 3.13. The van der Waals surface area contributed by atoms with E-state index >= 15 is 0 Å². The second kappa shape index (κ2) is 12.1. The summed E-state index contributed by atoms with van der Waals surface area (Å²) in [6.45, 7) is 14.7. The molecule has 4 rings (SSSR count). The van der Waals surface area contributed by atoms with Crippen molar-refractivity contribution in [1.29, 1.82) is 0 Å². The number of hydrogen-bond donors (Lipinski definition) is 3. The largest absolute Gasteiger partial charge is 0.492 e. The number of nitrogens with one attached hydrogen (secondary N) is 3. The Balaban J connectivity index is 1.23. The first-order valence-corrected chi connectivity index (χ1v) is 13.2. The second-order valence-electron chi connectivity index (χ2n) is 10.6. The van der Waals surface area contributed by atoms with Gasteiger partial charge in [0.05, 0.1) is 23.7 Å². The Morgan fingerprint density at radius 3 is 2.35 bits per heavy atom. The topological polar surface area (TPSA) is 118 Å². The highest BCUT2D eigenvalue weighted by Crippen LogP contribution is 2.32. The number of carbonyl (C=O) groups is 3. The lowest BCUT2D eigenvalue weighted by Crippen LogP contribution is -2.46. The number of alkyl carbamates (subject to hydrolysis) is 1. The van der Waals surface area contributed by atoms with Crippen LogP contribution >= 0.6 is 0 Å². The third-order valence-corrected chi connectivity index (χ3v) is 6.23. The van der Waals surface area contributed by atoms with Gasteiger partial charge in [-0.25, -0.2) is 4.79 Å². The van der Waals surface area contributed by atoms with Gasteiger partial charge in [0.25, 0.3) is 11.8 Å². The molecule has 10 heteroatoms. The van der Waals surface area contributed by atoms with Gasteiger partial charge >= 0.3 is 6.09 Å². The molecule has 212 valence electrons. The summed E-state index contributed by atoms with van der Waals surface area (Å²) in [6, 6.07) is 12.0. The highest BCUT2D eigenvalue weighted by atomic mass is 16.6. The van der Waals surface area contributed by atoms with Gasteiger partial charge in [0, 0.05) is 29.7 Å². The van der Waals surface area contributed by atoms with E-state index in [2.05, 4.69) is 29.1 Å². The molecule has 0 radical (unpaired) electrons. The van der Waals surface area contributed by atoms with Gasteiger partial charge in [-0.3, -0.25) is 14.5 Å². The van der Waals surface area contributed by atoms with Crippen LogP contribution in [0.3, 0.4) is 0 Å². The Morgan fingerprint density at radius 2 is 1.68 bits per heavy atom. The molecule has 2 aromatic rings. The van der Waals surface area contributed by atoms with Crippen molar-refractivity contribution in [3.63, 3.8) is 0 Å². The van der Waals surface area contributed by atoms with E-state index in [0.717, 1.165) is 5.70 Å². The molecule has 3 amide bonds. The molecule has 0 saturated carbocycles. The summed E-state index contributed by atoms with van der Waals surface area (Å²) in [5.74, 6) is 0.619. The molecule has 0 spiro atoms. The summed E-state index contributed by atoms with van der Waals surface area (Å²) >= 11 is 0. The molecule has 0 bridgehead atoms. The highest BCUT2D eigenvalue weighted by Gasteiger charge is 2.42. The van der Waals surface area contributed by atoms with Gasteiger partial charge in [0.2, 0.25) is 0 Å². The average molecular weight is 549 g/mol. The summed E-state index contributed by atoms with van der Waals surface area (Å²) in [4.78, 5) is 39.1. The van der Waals surface area contributed by atoms with Gasteiger partial charge in [-0.2, -0.15) is 0 Å². The van der Waals surface area contributed by atoms with Crippen molar-refractivity contribution in [1.82, 2.24) is 15.5 Å². The van der Waals surface area contributed by atoms with Crippen molar-refractivity contribution in [2.45, 2.75) is 45.3 Å². The van der Waals surface area contributed by atoms with Gasteiger partial charge in [-0.05, 0) is 63.9 Å². The van der Waals surface area contributed by atoms with Crippen molar-refractivity contribution in [3.8, 4) is 11.5 Å². The fraction of sp³-hybridized carbons (Fsp3) is 0.367. The first-order valence-electron chi connectivity index (χ1n) is 13.2. The molecule has 10 nitrogen and oxygen atoms in total. The molecule has 1 atom stereocenters. The molecule has 2 aliphatic rings. The van der Waals surface area contributed by atoms with Gasteiger partial charge in [0.1, 0.15) is 30.3 Å². The lowest BCUT2D eigenvalue weighted by molar-refractivity contribution is 0.0518. The number of rotatable bonds is 10. The van der Waals surface area contributed by atoms with Gasteiger partial charge in [-0.15, -0.1) is 0 Å². The van der Waals surface area contributed by atoms with Crippen molar-refractivity contribution in [2.75, 3.05) is 31.6 Å². The molecular weight excluding hydrogens is 512 g/mol. The van der Waals surface area contributed by atoms with Crippen molar-refractivity contribution < 1.29 is 28.6 Å². The maximum atomic E-state index is 13.1. The molecule has 0 aliphatic carbocycles. The smallest absolute Gasteiger partial charge is 0.407 e. The first-order chi connectivity index (χ1) is 19.0. The number of anilines is 1. The SMILES string of the molecule is C=C1CCC(N2C(=O)c3ccc(NCCOc4cccc(OCCNC(=O)OC(C)(C)C)c4)cc3C2=O)C(=C)N1. The Kier molecular flexibility index (Phi) is 8.67. The number of fused-ring (bicyclic) bond motifs is 1. The molecule has 1 unspecified atom stereocenters. The molecule has 40 heavy (non-hydrogen) atoms. The van der Waals surface area contributed by atoms with E-state index in [9.17, 15) is 14.4 Å². The molecule has 1 saturated heterocycles. The zero-order valence-corrected chi connectivity index (χ0v) is 23.2. The van der Waals surface area contributed by atoms with Gasteiger partial charge < -0.3 is 30.2 Å². The van der Waals surface area contributed by atoms with Crippen LogP contribution in [0.15, 0.2) is 67.0 Å². The van der Waals surface area contributed by atoms with Crippen LogP contribution in [0.5, 0.6) is 11.5 Å². The number of hydrogen-bond acceptors (Lipinski definition) is 8. The molecule has 3 N–H and O–H groups in total. The predicted octanol–water partition coefficient (Wildman–Crippen LogP) is 4.46. The zero-order chi connectivity index (χ0) is 28.9.